The Morgan fingerprint density at radius 1 is 0.944 bits per heavy atom. The average molecular weight is 262 g/mol. The fourth-order valence-corrected chi connectivity index (χ4v) is 2.54. The van der Waals surface area contributed by atoms with Gasteiger partial charge in [0.15, 0.2) is 0 Å². The second-order valence-corrected chi connectivity index (χ2v) is 5.60. The number of benzene rings is 2. The molecule has 0 saturated carbocycles. The molecule has 0 unspecified atom stereocenters. The SMILES string of the molecule is Cc1ccc(S(=O)(=O)Nc2ccccc2[O])cc1. The first-order chi connectivity index (χ1) is 8.49. The normalized spacial score (nSPS) is 11.2. The molecule has 0 bridgehead atoms. The van der Waals surface area contributed by atoms with Gasteiger partial charge in [-0.1, -0.05) is 29.8 Å². The molecule has 0 aliphatic rings. The Hall–Kier alpha value is -2.01. The van der Waals surface area contributed by atoms with E-state index in [1.165, 1.54) is 24.3 Å². The molecule has 4 nitrogen and oxygen atoms in total. The lowest BCUT2D eigenvalue weighted by Crippen LogP contribution is -2.12. The lowest BCUT2D eigenvalue weighted by Gasteiger charge is -2.08. The van der Waals surface area contributed by atoms with E-state index in [1.54, 1.807) is 24.3 Å². The van der Waals surface area contributed by atoms with Crippen molar-refractivity contribution in [3.8, 4) is 5.75 Å². The van der Waals surface area contributed by atoms with E-state index in [0.29, 0.717) is 0 Å². The molecule has 5 heteroatoms. The molecular formula is C13H12NO3S. The number of nitrogens with one attached hydrogen (secondary N) is 1. The molecule has 0 atom stereocenters. The van der Waals surface area contributed by atoms with Crippen molar-refractivity contribution in [3.05, 3.63) is 54.1 Å². The maximum Gasteiger partial charge on any atom is 0.262 e. The molecule has 0 heterocycles. The molecule has 1 N–H and O–H groups in total. The van der Waals surface area contributed by atoms with Gasteiger partial charge < -0.3 is 0 Å². The summed E-state index contributed by atoms with van der Waals surface area (Å²) >= 11 is 0. The number of sulfonamides is 1. The quantitative estimate of drug-likeness (QED) is 0.924. The van der Waals surface area contributed by atoms with Crippen LogP contribution in [-0.2, 0) is 15.1 Å². The van der Waals surface area contributed by atoms with Crippen molar-refractivity contribution in [1.29, 1.82) is 0 Å². The number of para-hydroxylation sites is 2. The zero-order valence-corrected chi connectivity index (χ0v) is 10.6. The van der Waals surface area contributed by atoms with Crippen molar-refractivity contribution in [3.63, 3.8) is 0 Å². The summed E-state index contributed by atoms with van der Waals surface area (Å²) in [6.45, 7) is 1.87. The zero-order chi connectivity index (χ0) is 13.2. The summed E-state index contributed by atoms with van der Waals surface area (Å²) in [7, 11) is -3.70. The van der Waals surface area contributed by atoms with Crippen molar-refractivity contribution in [2.24, 2.45) is 0 Å². The minimum Gasteiger partial charge on any atom is -0.288 e. The summed E-state index contributed by atoms with van der Waals surface area (Å²) in [5, 5.41) is 11.5. The van der Waals surface area contributed by atoms with E-state index in [2.05, 4.69) is 4.72 Å². The largest absolute Gasteiger partial charge is 0.288 e. The Kier molecular flexibility index (Phi) is 3.25. The van der Waals surface area contributed by atoms with Gasteiger partial charge in [-0.3, -0.25) is 9.83 Å². The smallest absolute Gasteiger partial charge is 0.262 e. The minimum absolute atomic E-state index is 0.0538. The molecule has 0 aliphatic carbocycles. The molecule has 93 valence electrons. The lowest BCUT2D eigenvalue weighted by molar-refractivity contribution is 0.357. The summed E-state index contributed by atoms with van der Waals surface area (Å²) in [4.78, 5) is 0.136. The van der Waals surface area contributed by atoms with E-state index >= 15 is 0 Å². The van der Waals surface area contributed by atoms with E-state index in [0.717, 1.165) is 5.56 Å². The zero-order valence-electron chi connectivity index (χ0n) is 9.75. The fourth-order valence-electron chi connectivity index (χ4n) is 1.47. The molecule has 0 aliphatic heterocycles. The number of rotatable bonds is 3. The van der Waals surface area contributed by atoms with Crippen LogP contribution in [0.25, 0.3) is 0 Å². The first-order valence-corrected chi connectivity index (χ1v) is 6.83. The van der Waals surface area contributed by atoms with Crippen molar-refractivity contribution in [2.75, 3.05) is 4.72 Å². The highest BCUT2D eigenvalue weighted by Gasteiger charge is 2.15. The molecule has 18 heavy (non-hydrogen) atoms. The lowest BCUT2D eigenvalue weighted by atomic mass is 10.2. The Morgan fingerprint density at radius 3 is 2.17 bits per heavy atom. The molecule has 0 saturated heterocycles. The van der Waals surface area contributed by atoms with E-state index in [4.69, 9.17) is 0 Å². The molecular weight excluding hydrogens is 250 g/mol. The number of hydrogen-bond donors (Lipinski definition) is 1. The van der Waals surface area contributed by atoms with Gasteiger partial charge in [0.25, 0.3) is 10.0 Å². The second-order valence-electron chi connectivity index (χ2n) is 3.91. The molecule has 0 aromatic heterocycles. The third-order valence-electron chi connectivity index (χ3n) is 2.46. The van der Waals surface area contributed by atoms with Crippen molar-refractivity contribution >= 4 is 15.7 Å². The summed E-state index contributed by atoms with van der Waals surface area (Å²) < 4.78 is 26.3. The van der Waals surface area contributed by atoms with Crippen molar-refractivity contribution in [2.45, 2.75) is 11.8 Å². The van der Waals surface area contributed by atoms with Gasteiger partial charge in [0.2, 0.25) is 5.75 Å². The second kappa shape index (κ2) is 4.70. The topological polar surface area (TPSA) is 66.1 Å². The predicted octanol–water partition coefficient (Wildman–Crippen LogP) is 2.94. The van der Waals surface area contributed by atoms with Crippen LogP contribution in [0.15, 0.2) is 53.4 Å². The molecule has 1 radical (unpaired) electrons. The highest BCUT2D eigenvalue weighted by atomic mass is 32.2. The van der Waals surface area contributed by atoms with Gasteiger partial charge in [-0.05, 0) is 31.2 Å². The Labute approximate surface area is 106 Å². The van der Waals surface area contributed by atoms with Crippen LogP contribution < -0.4 is 4.72 Å². The highest BCUT2D eigenvalue weighted by Crippen LogP contribution is 2.25. The van der Waals surface area contributed by atoms with Gasteiger partial charge in [-0.2, -0.15) is 0 Å². The van der Waals surface area contributed by atoms with E-state index < -0.39 is 10.0 Å². The molecule has 2 aromatic rings. The molecule has 2 aromatic carbocycles. The third kappa shape index (κ3) is 2.62. The standard InChI is InChI=1S/C13H12NO3S/c1-10-6-8-11(9-7-10)18(16,17)14-12-4-2-3-5-13(12)15/h2-9,14H,1H3. The van der Waals surface area contributed by atoms with Gasteiger partial charge >= 0.3 is 0 Å². The molecule has 0 spiro atoms. The Bertz CT molecular complexity index is 648. The number of anilines is 1. The fraction of sp³-hybridized carbons (Fsp3) is 0.0769. The van der Waals surface area contributed by atoms with Gasteiger partial charge in [-0.15, -0.1) is 0 Å². The van der Waals surface area contributed by atoms with E-state index in [9.17, 15) is 13.5 Å². The molecule has 0 amide bonds. The summed E-state index contributed by atoms with van der Waals surface area (Å²) in [6.07, 6.45) is 0. The van der Waals surface area contributed by atoms with Crippen LogP contribution in [0.1, 0.15) is 5.56 Å². The van der Waals surface area contributed by atoms with Crippen molar-refractivity contribution in [1.82, 2.24) is 0 Å². The number of hydrogen-bond acceptors (Lipinski definition) is 2. The minimum atomic E-state index is -3.70. The van der Waals surface area contributed by atoms with Crippen molar-refractivity contribution < 1.29 is 13.5 Å². The van der Waals surface area contributed by atoms with Crippen LogP contribution >= 0.6 is 0 Å². The monoisotopic (exact) mass is 262 g/mol. The first-order valence-electron chi connectivity index (χ1n) is 5.34. The maximum atomic E-state index is 12.0. The van der Waals surface area contributed by atoms with Gasteiger partial charge in [0.05, 0.1) is 10.6 Å². The summed E-state index contributed by atoms with van der Waals surface area (Å²) in [5.74, 6) is -0.354. The van der Waals surface area contributed by atoms with Crippen LogP contribution in [0.2, 0.25) is 0 Å². The highest BCUT2D eigenvalue weighted by molar-refractivity contribution is 7.92. The third-order valence-corrected chi connectivity index (χ3v) is 3.84. The van der Waals surface area contributed by atoms with Gasteiger partial charge in [-0.25, -0.2) is 8.42 Å². The Morgan fingerprint density at radius 2 is 1.56 bits per heavy atom. The average Bonchev–Trinajstić information content (AvgIpc) is 2.32. The maximum absolute atomic E-state index is 12.0. The Balaban J connectivity index is 2.33. The van der Waals surface area contributed by atoms with Crippen LogP contribution in [0.4, 0.5) is 5.69 Å². The van der Waals surface area contributed by atoms with Crippen LogP contribution in [0, 0.1) is 6.92 Å². The number of aryl methyl sites for hydroxylation is 1. The van der Waals surface area contributed by atoms with Gasteiger partial charge in [0, 0.05) is 0 Å². The van der Waals surface area contributed by atoms with Crippen LogP contribution in [-0.4, -0.2) is 8.42 Å². The first kappa shape index (κ1) is 12.4. The summed E-state index contributed by atoms with van der Waals surface area (Å²) in [5.41, 5.74) is 1.02. The van der Waals surface area contributed by atoms with Gasteiger partial charge in [0.1, 0.15) is 0 Å². The van der Waals surface area contributed by atoms with E-state index in [1.807, 2.05) is 6.92 Å². The summed E-state index contributed by atoms with van der Waals surface area (Å²) in [6, 6.07) is 12.3. The molecule has 0 fully saturated rings. The van der Waals surface area contributed by atoms with Crippen LogP contribution in [0.5, 0.6) is 5.75 Å². The van der Waals surface area contributed by atoms with E-state index in [-0.39, 0.29) is 16.3 Å². The van der Waals surface area contributed by atoms with Crippen LogP contribution in [0.3, 0.4) is 0 Å². The molecule has 2 rings (SSSR count). The predicted molar refractivity (Wildman–Crippen MR) is 68.6 cm³/mol.